The van der Waals surface area contributed by atoms with Crippen molar-refractivity contribution in [1.82, 2.24) is 4.90 Å². The number of benzene rings is 2. The van der Waals surface area contributed by atoms with Gasteiger partial charge in [0.05, 0.1) is 12.8 Å². The Morgan fingerprint density at radius 3 is 2.76 bits per heavy atom. The van der Waals surface area contributed by atoms with Crippen LogP contribution in [0.3, 0.4) is 0 Å². The molecular weight excluding hydrogens is 316 g/mol. The van der Waals surface area contributed by atoms with Crippen LogP contribution in [0.2, 0.25) is 0 Å². The number of hydrogen-bond donors (Lipinski definition) is 1. The molecule has 0 radical (unpaired) electrons. The van der Waals surface area contributed by atoms with Crippen molar-refractivity contribution in [2.45, 2.75) is 25.0 Å². The van der Waals surface area contributed by atoms with Crippen LogP contribution >= 0.6 is 0 Å². The number of likely N-dealkylation sites (tertiary alicyclic amines) is 1. The van der Waals surface area contributed by atoms with Gasteiger partial charge in [0.25, 0.3) is 0 Å². The molecule has 1 N–H and O–H groups in total. The van der Waals surface area contributed by atoms with Crippen LogP contribution in [0.1, 0.15) is 24.0 Å². The average molecular weight is 338 g/mol. The number of nitrogens with one attached hydrogen (secondary N) is 1. The first-order valence-corrected chi connectivity index (χ1v) is 8.63. The molecule has 0 atom stereocenters. The first-order valence-electron chi connectivity index (χ1n) is 8.63. The third kappa shape index (κ3) is 3.07. The van der Waals surface area contributed by atoms with E-state index >= 15 is 0 Å². The number of carbonyl (C=O) groups is 1. The Labute approximate surface area is 147 Å². The lowest BCUT2D eigenvalue weighted by Crippen LogP contribution is -2.48. The molecule has 1 spiro atoms. The molecule has 2 aromatic carbocycles. The lowest BCUT2D eigenvalue weighted by Gasteiger charge is -2.44. The van der Waals surface area contributed by atoms with Gasteiger partial charge >= 0.3 is 6.09 Å². The fourth-order valence-corrected chi connectivity index (χ4v) is 3.83. The minimum atomic E-state index is -0.496. The maximum Gasteiger partial charge on any atom is 0.412 e. The van der Waals surface area contributed by atoms with Crippen LogP contribution in [0, 0.1) is 0 Å². The van der Waals surface area contributed by atoms with Gasteiger partial charge in [-0.15, -0.1) is 0 Å². The van der Waals surface area contributed by atoms with E-state index in [0.29, 0.717) is 0 Å². The molecular formula is C20H22N2O3. The van der Waals surface area contributed by atoms with Crippen molar-refractivity contribution < 1.29 is 14.3 Å². The zero-order valence-electron chi connectivity index (χ0n) is 14.3. The number of methoxy groups -OCH3 is 1. The minimum absolute atomic E-state index is 0.347. The maximum atomic E-state index is 12.0. The Bertz CT molecular complexity index is 782. The van der Waals surface area contributed by atoms with Crippen molar-refractivity contribution in [1.29, 1.82) is 0 Å². The molecule has 0 unspecified atom stereocenters. The summed E-state index contributed by atoms with van der Waals surface area (Å²) in [6, 6.07) is 16.1. The van der Waals surface area contributed by atoms with Gasteiger partial charge in [-0.1, -0.05) is 30.3 Å². The second-order valence-corrected chi connectivity index (χ2v) is 6.68. The van der Waals surface area contributed by atoms with Gasteiger partial charge in [0.2, 0.25) is 0 Å². The van der Waals surface area contributed by atoms with E-state index in [9.17, 15) is 4.79 Å². The predicted molar refractivity (Wildman–Crippen MR) is 95.7 cm³/mol. The molecule has 2 aliphatic heterocycles. The maximum absolute atomic E-state index is 12.0. The van der Waals surface area contributed by atoms with Crippen molar-refractivity contribution in [3.63, 3.8) is 0 Å². The average Bonchev–Trinajstić information content (AvgIpc) is 2.64. The van der Waals surface area contributed by atoms with Crippen LogP contribution in [-0.2, 0) is 16.9 Å². The molecule has 0 bridgehead atoms. The quantitative estimate of drug-likeness (QED) is 0.926. The molecule has 5 nitrogen and oxygen atoms in total. The zero-order valence-corrected chi connectivity index (χ0v) is 14.3. The number of ether oxygens (including phenoxy) is 2. The van der Waals surface area contributed by atoms with Gasteiger partial charge in [-0.2, -0.15) is 0 Å². The lowest BCUT2D eigenvalue weighted by molar-refractivity contribution is -0.0393. The highest BCUT2D eigenvalue weighted by atomic mass is 16.6. The second-order valence-electron chi connectivity index (χ2n) is 6.68. The summed E-state index contributed by atoms with van der Waals surface area (Å²) < 4.78 is 11.1. The molecule has 130 valence electrons. The van der Waals surface area contributed by atoms with Gasteiger partial charge < -0.3 is 9.47 Å². The molecule has 1 amide bonds. The number of fused-ring (bicyclic) bond motifs is 2. The number of carbonyl (C=O) groups excluding carboxylic acids is 1. The SMILES string of the molecule is COc1cccc(CN2CCC3(CC2)OC(=O)Nc2ccccc23)c1. The first kappa shape index (κ1) is 16.0. The number of amides is 1. The summed E-state index contributed by atoms with van der Waals surface area (Å²) in [6.45, 7) is 2.65. The van der Waals surface area contributed by atoms with E-state index in [-0.39, 0.29) is 6.09 Å². The van der Waals surface area contributed by atoms with E-state index in [4.69, 9.17) is 9.47 Å². The molecule has 2 aliphatic rings. The van der Waals surface area contributed by atoms with Crippen molar-refractivity contribution in [2.24, 2.45) is 0 Å². The molecule has 25 heavy (non-hydrogen) atoms. The Balaban J connectivity index is 1.49. The monoisotopic (exact) mass is 338 g/mol. The summed E-state index contributed by atoms with van der Waals surface area (Å²) in [7, 11) is 1.69. The van der Waals surface area contributed by atoms with Gasteiger partial charge in [0.15, 0.2) is 0 Å². The third-order valence-corrected chi connectivity index (χ3v) is 5.15. The van der Waals surface area contributed by atoms with Crippen molar-refractivity contribution in [3.05, 3.63) is 59.7 Å². The van der Waals surface area contributed by atoms with Crippen LogP contribution in [0.4, 0.5) is 10.5 Å². The van der Waals surface area contributed by atoms with Gasteiger partial charge in [-0.3, -0.25) is 10.2 Å². The molecule has 4 rings (SSSR count). The van der Waals surface area contributed by atoms with Gasteiger partial charge in [0, 0.05) is 38.0 Å². The van der Waals surface area contributed by atoms with Crippen LogP contribution < -0.4 is 10.1 Å². The second kappa shape index (κ2) is 6.41. The number of nitrogens with zero attached hydrogens (tertiary/aromatic N) is 1. The molecule has 0 aromatic heterocycles. The number of anilines is 1. The molecule has 1 fully saturated rings. The number of rotatable bonds is 3. The standard InChI is InChI=1S/C20H22N2O3/c1-24-16-6-4-5-15(13-16)14-22-11-9-20(10-12-22)17-7-2-3-8-18(17)21-19(23)25-20/h2-8,13H,9-12,14H2,1H3,(H,21,23). The van der Waals surface area contributed by atoms with E-state index in [2.05, 4.69) is 28.4 Å². The van der Waals surface area contributed by atoms with Crippen molar-refractivity contribution >= 4 is 11.8 Å². The molecule has 5 heteroatoms. The van der Waals surface area contributed by atoms with Crippen molar-refractivity contribution in [2.75, 3.05) is 25.5 Å². The highest BCUT2D eigenvalue weighted by Gasteiger charge is 2.44. The molecule has 0 aliphatic carbocycles. The van der Waals surface area contributed by atoms with Crippen LogP contribution in [0.15, 0.2) is 48.5 Å². The summed E-state index contributed by atoms with van der Waals surface area (Å²) in [4.78, 5) is 14.4. The van der Waals surface area contributed by atoms with E-state index < -0.39 is 5.60 Å². The summed E-state index contributed by atoms with van der Waals surface area (Å²) in [5.74, 6) is 0.882. The molecule has 2 aromatic rings. The van der Waals surface area contributed by atoms with Crippen LogP contribution in [-0.4, -0.2) is 31.2 Å². The van der Waals surface area contributed by atoms with Crippen LogP contribution in [0.25, 0.3) is 0 Å². The normalized spacial score (nSPS) is 19.0. The summed E-state index contributed by atoms with van der Waals surface area (Å²) in [5, 5.41) is 2.81. The highest BCUT2D eigenvalue weighted by Crippen LogP contribution is 2.43. The van der Waals surface area contributed by atoms with Gasteiger partial charge in [0.1, 0.15) is 11.4 Å². The smallest absolute Gasteiger partial charge is 0.412 e. The zero-order chi connectivity index (χ0) is 17.3. The lowest BCUT2D eigenvalue weighted by atomic mass is 9.82. The largest absolute Gasteiger partial charge is 0.497 e. The molecule has 1 saturated heterocycles. The minimum Gasteiger partial charge on any atom is -0.497 e. The molecule has 2 heterocycles. The molecule has 0 saturated carbocycles. The van der Waals surface area contributed by atoms with E-state index in [1.54, 1.807) is 7.11 Å². The third-order valence-electron chi connectivity index (χ3n) is 5.15. The van der Waals surface area contributed by atoms with Gasteiger partial charge in [-0.05, 0) is 23.8 Å². The number of para-hydroxylation sites is 1. The Hall–Kier alpha value is -2.53. The highest BCUT2D eigenvalue weighted by molar-refractivity contribution is 5.88. The van der Waals surface area contributed by atoms with E-state index in [0.717, 1.165) is 49.5 Å². The topological polar surface area (TPSA) is 50.8 Å². The fourth-order valence-electron chi connectivity index (χ4n) is 3.83. The summed E-state index contributed by atoms with van der Waals surface area (Å²) in [6.07, 6.45) is 1.27. The van der Waals surface area contributed by atoms with E-state index in [1.165, 1.54) is 5.56 Å². The van der Waals surface area contributed by atoms with Crippen LogP contribution in [0.5, 0.6) is 5.75 Å². The Morgan fingerprint density at radius 1 is 1.16 bits per heavy atom. The number of hydrogen-bond acceptors (Lipinski definition) is 4. The van der Waals surface area contributed by atoms with E-state index in [1.807, 2.05) is 30.3 Å². The number of piperidine rings is 1. The Morgan fingerprint density at radius 2 is 1.96 bits per heavy atom. The first-order chi connectivity index (χ1) is 12.2. The van der Waals surface area contributed by atoms with Crippen molar-refractivity contribution in [3.8, 4) is 5.75 Å². The predicted octanol–water partition coefficient (Wildman–Crippen LogP) is 3.75. The summed E-state index contributed by atoms with van der Waals surface area (Å²) >= 11 is 0. The fraction of sp³-hybridized carbons (Fsp3) is 0.350. The summed E-state index contributed by atoms with van der Waals surface area (Å²) in [5.41, 5.74) is 2.71. The Kier molecular flexibility index (Phi) is 4.09. The van der Waals surface area contributed by atoms with Gasteiger partial charge in [-0.25, -0.2) is 4.79 Å².